The molecular weight excluding hydrogens is 402 g/mol. The molecule has 0 N–H and O–H groups in total. The highest BCUT2D eigenvalue weighted by molar-refractivity contribution is 7.98. The van der Waals surface area contributed by atoms with Gasteiger partial charge >= 0.3 is 0 Å². The zero-order valence-electron chi connectivity index (χ0n) is 17.5. The van der Waals surface area contributed by atoms with E-state index in [1.807, 2.05) is 37.5 Å². The lowest BCUT2D eigenvalue weighted by atomic mass is 10.2. The van der Waals surface area contributed by atoms with Crippen LogP contribution in [0.4, 0.5) is 0 Å². The van der Waals surface area contributed by atoms with Crippen molar-refractivity contribution in [3.8, 4) is 5.69 Å². The highest BCUT2D eigenvalue weighted by Gasteiger charge is 2.28. The van der Waals surface area contributed by atoms with Crippen molar-refractivity contribution in [2.24, 2.45) is 0 Å². The van der Waals surface area contributed by atoms with Crippen molar-refractivity contribution in [3.05, 3.63) is 53.5 Å². The fourth-order valence-corrected chi connectivity index (χ4v) is 4.39. The highest BCUT2D eigenvalue weighted by atomic mass is 32.2. The quantitative estimate of drug-likeness (QED) is 0.577. The molecule has 0 bridgehead atoms. The van der Waals surface area contributed by atoms with Gasteiger partial charge in [-0.05, 0) is 39.8 Å². The number of oxazole rings is 1. The maximum absolute atomic E-state index is 12.8. The van der Waals surface area contributed by atoms with Crippen molar-refractivity contribution in [2.75, 3.05) is 13.1 Å². The molecule has 0 aliphatic carbocycles. The molecule has 4 rings (SSSR count). The fourth-order valence-electron chi connectivity index (χ4n) is 3.53. The number of ether oxygens (including phenoxy) is 1. The van der Waals surface area contributed by atoms with Gasteiger partial charge < -0.3 is 14.1 Å². The standard InChI is InChI=1S/C21H25N5O3S/c1-13-5-7-17(8-6-13)26-16(4)23-24-21(26)30-12-19-22-18(11-28-19)20(27)25-9-14(2)29-15(3)10-25/h5-8,11,14-15H,9-10,12H2,1-4H3. The number of rotatable bonds is 5. The van der Waals surface area contributed by atoms with Crippen LogP contribution in [0.25, 0.3) is 5.69 Å². The van der Waals surface area contributed by atoms with Crippen LogP contribution in [0.5, 0.6) is 0 Å². The van der Waals surface area contributed by atoms with Gasteiger partial charge in [-0.2, -0.15) is 0 Å². The number of hydrogen-bond donors (Lipinski definition) is 0. The number of thioether (sulfide) groups is 1. The summed E-state index contributed by atoms with van der Waals surface area (Å²) in [5, 5.41) is 9.23. The van der Waals surface area contributed by atoms with E-state index in [1.54, 1.807) is 4.90 Å². The van der Waals surface area contributed by atoms with E-state index >= 15 is 0 Å². The normalized spacial score (nSPS) is 19.3. The van der Waals surface area contributed by atoms with Gasteiger partial charge in [0, 0.05) is 18.8 Å². The minimum absolute atomic E-state index is 0.0102. The van der Waals surface area contributed by atoms with Crippen LogP contribution in [0, 0.1) is 13.8 Å². The van der Waals surface area contributed by atoms with E-state index in [0.717, 1.165) is 16.7 Å². The molecule has 1 aliphatic rings. The average Bonchev–Trinajstić information content (AvgIpc) is 3.32. The lowest BCUT2D eigenvalue weighted by molar-refractivity contribution is -0.0587. The Morgan fingerprint density at radius 1 is 1.13 bits per heavy atom. The molecule has 0 saturated carbocycles. The van der Waals surface area contributed by atoms with Crippen LogP contribution in [0.1, 0.15) is 41.6 Å². The van der Waals surface area contributed by atoms with Gasteiger partial charge in [0.2, 0.25) is 5.89 Å². The van der Waals surface area contributed by atoms with E-state index in [4.69, 9.17) is 9.15 Å². The van der Waals surface area contributed by atoms with Crippen molar-refractivity contribution in [2.45, 2.75) is 50.8 Å². The van der Waals surface area contributed by atoms with E-state index in [0.29, 0.717) is 30.4 Å². The summed E-state index contributed by atoms with van der Waals surface area (Å²) in [7, 11) is 0. The SMILES string of the molecule is Cc1ccc(-n2c(C)nnc2SCc2nc(C(=O)N3CC(C)OC(C)C3)co2)cc1. The van der Waals surface area contributed by atoms with Crippen LogP contribution in [-0.2, 0) is 10.5 Å². The highest BCUT2D eigenvalue weighted by Crippen LogP contribution is 2.25. The Bertz CT molecular complexity index is 1020. The third kappa shape index (κ3) is 4.41. The van der Waals surface area contributed by atoms with Crippen molar-refractivity contribution in [3.63, 3.8) is 0 Å². The van der Waals surface area contributed by atoms with E-state index in [1.165, 1.54) is 23.6 Å². The zero-order valence-corrected chi connectivity index (χ0v) is 18.3. The predicted molar refractivity (Wildman–Crippen MR) is 113 cm³/mol. The Hall–Kier alpha value is -2.65. The van der Waals surface area contributed by atoms with Crippen molar-refractivity contribution in [1.29, 1.82) is 0 Å². The van der Waals surface area contributed by atoms with Crippen molar-refractivity contribution < 1.29 is 13.9 Å². The molecule has 1 fully saturated rings. The average molecular weight is 428 g/mol. The summed E-state index contributed by atoms with van der Waals surface area (Å²) in [4.78, 5) is 18.9. The molecule has 158 valence electrons. The van der Waals surface area contributed by atoms with E-state index in [-0.39, 0.29) is 18.1 Å². The molecule has 0 radical (unpaired) electrons. The first kappa shape index (κ1) is 20.6. The smallest absolute Gasteiger partial charge is 0.275 e. The lowest BCUT2D eigenvalue weighted by Gasteiger charge is -2.34. The summed E-state index contributed by atoms with van der Waals surface area (Å²) >= 11 is 1.47. The van der Waals surface area contributed by atoms with Crippen LogP contribution in [0.2, 0.25) is 0 Å². The first-order valence-corrected chi connectivity index (χ1v) is 10.9. The maximum atomic E-state index is 12.8. The molecule has 3 aromatic rings. The molecule has 2 atom stereocenters. The van der Waals surface area contributed by atoms with Crippen LogP contribution < -0.4 is 0 Å². The zero-order chi connectivity index (χ0) is 21.3. The van der Waals surface area contributed by atoms with E-state index in [9.17, 15) is 4.79 Å². The molecule has 30 heavy (non-hydrogen) atoms. The molecule has 1 saturated heterocycles. The Labute approximate surface area is 179 Å². The van der Waals surface area contributed by atoms with Gasteiger partial charge in [-0.25, -0.2) is 4.98 Å². The van der Waals surface area contributed by atoms with Crippen molar-refractivity contribution >= 4 is 17.7 Å². The number of nitrogens with zero attached hydrogens (tertiary/aromatic N) is 5. The first-order valence-electron chi connectivity index (χ1n) is 9.91. The summed E-state index contributed by atoms with van der Waals surface area (Å²) in [5.41, 5.74) is 2.52. The summed E-state index contributed by atoms with van der Waals surface area (Å²) < 4.78 is 13.2. The molecule has 8 nitrogen and oxygen atoms in total. The molecule has 1 amide bonds. The number of morpholine rings is 1. The summed E-state index contributed by atoms with van der Waals surface area (Å²) in [6.45, 7) is 9.01. The Morgan fingerprint density at radius 2 is 1.83 bits per heavy atom. The van der Waals surface area contributed by atoms with Gasteiger partial charge in [0.15, 0.2) is 10.9 Å². The third-order valence-corrected chi connectivity index (χ3v) is 5.80. The van der Waals surface area contributed by atoms with Crippen LogP contribution in [-0.4, -0.2) is 55.9 Å². The largest absolute Gasteiger partial charge is 0.447 e. The number of aryl methyl sites for hydroxylation is 2. The minimum atomic E-state index is -0.129. The fraction of sp³-hybridized carbons (Fsp3) is 0.429. The first-order chi connectivity index (χ1) is 14.4. The monoisotopic (exact) mass is 427 g/mol. The minimum Gasteiger partial charge on any atom is -0.447 e. The number of amides is 1. The second kappa shape index (κ2) is 8.61. The number of hydrogen-bond acceptors (Lipinski definition) is 7. The Kier molecular flexibility index (Phi) is 5.92. The summed E-state index contributed by atoms with van der Waals surface area (Å²) in [6, 6.07) is 8.20. The number of benzene rings is 1. The Morgan fingerprint density at radius 3 is 2.53 bits per heavy atom. The van der Waals surface area contributed by atoms with Gasteiger partial charge in [-0.1, -0.05) is 29.5 Å². The molecule has 2 aromatic heterocycles. The molecule has 9 heteroatoms. The van der Waals surface area contributed by atoms with Gasteiger partial charge in [-0.15, -0.1) is 10.2 Å². The van der Waals surface area contributed by atoms with Crippen LogP contribution in [0.15, 0.2) is 40.1 Å². The number of carbonyl (C=O) groups is 1. The lowest BCUT2D eigenvalue weighted by Crippen LogP contribution is -2.48. The van der Waals surface area contributed by atoms with Gasteiger partial charge in [0.25, 0.3) is 5.91 Å². The summed E-state index contributed by atoms with van der Waals surface area (Å²) in [6.07, 6.45) is 1.45. The van der Waals surface area contributed by atoms with Gasteiger partial charge in [0.1, 0.15) is 12.1 Å². The Balaban J connectivity index is 1.44. The predicted octanol–water partition coefficient (Wildman–Crippen LogP) is 3.41. The van der Waals surface area contributed by atoms with E-state index < -0.39 is 0 Å². The van der Waals surface area contributed by atoms with Crippen LogP contribution >= 0.6 is 11.8 Å². The topological polar surface area (TPSA) is 86.3 Å². The summed E-state index contributed by atoms with van der Waals surface area (Å²) in [5.74, 6) is 1.61. The van der Waals surface area contributed by atoms with Crippen molar-refractivity contribution in [1.82, 2.24) is 24.6 Å². The second-order valence-corrected chi connectivity index (χ2v) is 8.53. The van der Waals surface area contributed by atoms with E-state index in [2.05, 4.69) is 34.2 Å². The molecule has 1 aliphatic heterocycles. The molecule has 3 heterocycles. The maximum Gasteiger partial charge on any atom is 0.275 e. The van der Waals surface area contributed by atoms with Crippen LogP contribution in [0.3, 0.4) is 0 Å². The second-order valence-electron chi connectivity index (χ2n) is 7.58. The third-order valence-electron chi connectivity index (χ3n) is 4.89. The van der Waals surface area contributed by atoms with Gasteiger partial charge in [0.05, 0.1) is 18.0 Å². The van der Waals surface area contributed by atoms with Gasteiger partial charge in [-0.3, -0.25) is 9.36 Å². The molecule has 0 spiro atoms. The number of carbonyl (C=O) groups excluding carboxylic acids is 1. The molecule has 1 aromatic carbocycles. The molecule has 2 unspecified atom stereocenters. The number of aromatic nitrogens is 4. The molecular formula is C21H25N5O3S.